The molecule has 0 saturated carbocycles. The Bertz CT molecular complexity index is 586. The normalized spacial score (nSPS) is 12.4. The predicted molar refractivity (Wildman–Crippen MR) is 83.0 cm³/mol. The molecule has 2 aromatic carbocycles. The third kappa shape index (κ3) is 3.95. The Hall–Kier alpha value is -1.09. The third-order valence-electron chi connectivity index (χ3n) is 3.23. The van der Waals surface area contributed by atoms with Crippen molar-refractivity contribution in [3.05, 3.63) is 69.5 Å². The summed E-state index contributed by atoms with van der Waals surface area (Å²) >= 11 is 12.0. The molecule has 0 aliphatic heterocycles. The van der Waals surface area contributed by atoms with Gasteiger partial charge in [0.15, 0.2) is 0 Å². The maximum absolute atomic E-state index is 13.5. The molecular weight excluding hydrogens is 296 g/mol. The second kappa shape index (κ2) is 7.07. The highest BCUT2D eigenvalue weighted by Gasteiger charge is 2.09. The molecule has 2 rings (SSSR count). The number of hydrogen-bond donors (Lipinski definition) is 1. The fourth-order valence-corrected chi connectivity index (χ4v) is 2.66. The molecule has 0 aliphatic rings. The first kappa shape index (κ1) is 15.3. The van der Waals surface area contributed by atoms with Crippen LogP contribution < -0.4 is 5.32 Å². The second-order valence-corrected chi connectivity index (χ2v) is 5.53. The monoisotopic (exact) mass is 311 g/mol. The number of hydrogen-bond acceptors (Lipinski definition) is 1. The van der Waals surface area contributed by atoms with Gasteiger partial charge in [0.25, 0.3) is 0 Å². The van der Waals surface area contributed by atoms with Crippen LogP contribution in [0, 0.1) is 5.82 Å². The molecule has 2 aromatic rings. The molecule has 106 valence electrons. The maximum atomic E-state index is 13.5. The van der Waals surface area contributed by atoms with Crippen LogP contribution in [0.3, 0.4) is 0 Å². The third-order valence-corrected chi connectivity index (χ3v) is 3.79. The average Bonchev–Trinajstić information content (AvgIpc) is 2.40. The minimum atomic E-state index is -0.161. The van der Waals surface area contributed by atoms with Crippen LogP contribution in [0.15, 0.2) is 42.5 Å². The molecular formula is C16H16Cl2FN. The van der Waals surface area contributed by atoms with E-state index >= 15 is 0 Å². The van der Waals surface area contributed by atoms with Crippen LogP contribution in [0.4, 0.5) is 4.39 Å². The van der Waals surface area contributed by atoms with Crippen molar-refractivity contribution in [2.45, 2.75) is 19.4 Å². The summed E-state index contributed by atoms with van der Waals surface area (Å²) in [5.74, 6) is -0.161. The smallest absolute Gasteiger partial charge is 0.126 e. The molecule has 0 amide bonds. The quantitative estimate of drug-likeness (QED) is 0.817. The van der Waals surface area contributed by atoms with Crippen molar-refractivity contribution in [1.29, 1.82) is 0 Å². The van der Waals surface area contributed by atoms with Gasteiger partial charge >= 0.3 is 0 Å². The lowest BCUT2D eigenvalue weighted by molar-refractivity contribution is 0.559. The van der Waals surface area contributed by atoms with Crippen LogP contribution in [0.5, 0.6) is 0 Å². The molecule has 1 atom stereocenters. The van der Waals surface area contributed by atoms with Crippen LogP contribution in [-0.4, -0.2) is 6.54 Å². The van der Waals surface area contributed by atoms with E-state index in [0.717, 1.165) is 11.1 Å². The van der Waals surface area contributed by atoms with E-state index in [1.165, 1.54) is 6.07 Å². The fraction of sp³-hybridized carbons (Fsp3) is 0.250. The van der Waals surface area contributed by atoms with Gasteiger partial charge < -0.3 is 5.32 Å². The molecule has 1 N–H and O–H groups in total. The zero-order chi connectivity index (χ0) is 14.5. The van der Waals surface area contributed by atoms with Crippen LogP contribution in [0.2, 0.25) is 10.0 Å². The van der Waals surface area contributed by atoms with E-state index in [-0.39, 0.29) is 11.9 Å². The van der Waals surface area contributed by atoms with Crippen molar-refractivity contribution in [1.82, 2.24) is 5.32 Å². The molecule has 0 bridgehead atoms. The SMILES string of the molecule is CC(NCCc1ccccc1F)c1ccc(Cl)cc1Cl. The Kier molecular flexibility index (Phi) is 5.41. The van der Waals surface area contributed by atoms with Gasteiger partial charge in [-0.2, -0.15) is 0 Å². The standard InChI is InChI=1S/C16H16Cl2FN/c1-11(14-7-6-13(17)10-15(14)18)20-9-8-12-4-2-3-5-16(12)19/h2-7,10-11,20H,8-9H2,1H3. The maximum Gasteiger partial charge on any atom is 0.126 e. The van der Waals surface area contributed by atoms with Gasteiger partial charge in [0, 0.05) is 16.1 Å². The summed E-state index contributed by atoms with van der Waals surface area (Å²) in [6.45, 7) is 2.71. The first-order chi connectivity index (χ1) is 9.58. The summed E-state index contributed by atoms with van der Waals surface area (Å²) in [5.41, 5.74) is 1.71. The van der Waals surface area contributed by atoms with Crippen molar-refractivity contribution in [3.8, 4) is 0 Å². The summed E-state index contributed by atoms with van der Waals surface area (Å²) in [7, 11) is 0. The molecule has 0 aliphatic carbocycles. The van der Waals surface area contributed by atoms with Gasteiger partial charge in [-0.1, -0.05) is 47.5 Å². The van der Waals surface area contributed by atoms with E-state index in [4.69, 9.17) is 23.2 Å². The first-order valence-electron chi connectivity index (χ1n) is 6.49. The summed E-state index contributed by atoms with van der Waals surface area (Å²) in [4.78, 5) is 0. The molecule has 0 heterocycles. The number of rotatable bonds is 5. The lowest BCUT2D eigenvalue weighted by Crippen LogP contribution is -2.21. The van der Waals surface area contributed by atoms with Crippen LogP contribution in [-0.2, 0) is 6.42 Å². The Labute approximate surface area is 128 Å². The molecule has 0 fully saturated rings. The van der Waals surface area contributed by atoms with Gasteiger partial charge in [-0.25, -0.2) is 4.39 Å². The molecule has 0 radical (unpaired) electrons. The summed E-state index contributed by atoms with van der Waals surface area (Å²) in [6, 6.07) is 12.4. The molecule has 1 nitrogen and oxygen atoms in total. The predicted octanol–water partition coefficient (Wildman–Crippen LogP) is 5.03. The van der Waals surface area contributed by atoms with Crippen molar-refractivity contribution in [2.24, 2.45) is 0 Å². The fourth-order valence-electron chi connectivity index (χ4n) is 2.09. The van der Waals surface area contributed by atoms with Gasteiger partial charge in [-0.15, -0.1) is 0 Å². The average molecular weight is 312 g/mol. The Morgan fingerprint density at radius 3 is 2.60 bits per heavy atom. The molecule has 0 saturated heterocycles. The zero-order valence-corrected chi connectivity index (χ0v) is 12.7. The Morgan fingerprint density at radius 2 is 1.90 bits per heavy atom. The van der Waals surface area contributed by atoms with Crippen LogP contribution >= 0.6 is 23.2 Å². The molecule has 20 heavy (non-hydrogen) atoms. The van der Waals surface area contributed by atoms with E-state index in [1.54, 1.807) is 18.2 Å². The van der Waals surface area contributed by atoms with E-state index in [2.05, 4.69) is 5.32 Å². The lowest BCUT2D eigenvalue weighted by Gasteiger charge is -2.16. The Morgan fingerprint density at radius 1 is 1.15 bits per heavy atom. The largest absolute Gasteiger partial charge is 0.310 e. The van der Waals surface area contributed by atoms with Gasteiger partial charge in [0.2, 0.25) is 0 Å². The highest BCUT2D eigenvalue weighted by atomic mass is 35.5. The van der Waals surface area contributed by atoms with Crippen molar-refractivity contribution < 1.29 is 4.39 Å². The van der Waals surface area contributed by atoms with Crippen molar-refractivity contribution in [3.63, 3.8) is 0 Å². The minimum Gasteiger partial charge on any atom is -0.310 e. The summed E-state index contributed by atoms with van der Waals surface area (Å²) in [5, 5.41) is 4.61. The lowest BCUT2D eigenvalue weighted by atomic mass is 10.1. The van der Waals surface area contributed by atoms with Crippen LogP contribution in [0.25, 0.3) is 0 Å². The summed E-state index contributed by atoms with van der Waals surface area (Å²) in [6.07, 6.45) is 0.641. The van der Waals surface area contributed by atoms with E-state index in [9.17, 15) is 4.39 Å². The van der Waals surface area contributed by atoms with E-state index in [0.29, 0.717) is 23.0 Å². The van der Waals surface area contributed by atoms with E-state index < -0.39 is 0 Å². The zero-order valence-electron chi connectivity index (χ0n) is 11.2. The second-order valence-electron chi connectivity index (χ2n) is 4.68. The van der Waals surface area contributed by atoms with Crippen molar-refractivity contribution in [2.75, 3.05) is 6.54 Å². The van der Waals surface area contributed by atoms with Gasteiger partial charge in [-0.3, -0.25) is 0 Å². The molecule has 0 spiro atoms. The van der Waals surface area contributed by atoms with Gasteiger partial charge in [0.1, 0.15) is 5.82 Å². The topological polar surface area (TPSA) is 12.0 Å². The number of nitrogens with one attached hydrogen (secondary N) is 1. The molecule has 0 aromatic heterocycles. The van der Waals surface area contributed by atoms with Gasteiger partial charge in [0.05, 0.1) is 0 Å². The minimum absolute atomic E-state index is 0.0894. The highest BCUT2D eigenvalue weighted by molar-refractivity contribution is 6.35. The van der Waals surface area contributed by atoms with Crippen LogP contribution in [0.1, 0.15) is 24.1 Å². The molecule has 1 unspecified atom stereocenters. The van der Waals surface area contributed by atoms with Gasteiger partial charge in [-0.05, 0) is 49.2 Å². The van der Waals surface area contributed by atoms with E-state index in [1.807, 2.05) is 25.1 Å². The van der Waals surface area contributed by atoms with Crippen molar-refractivity contribution >= 4 is 23.2 Å². The Balaban J connectivity index is 1.92. The first-order valence-corrected chi connectivity index (χ1v) is 7.25. The highest BCUT2D eigenvalue weighted by Crippen LogP contribution is 2.26. The summed E-state index contributed by atoms with van der Waals surface area (Å²) < 4.78 is 13.5. The number of halogens is 3. The number of benzene rings is 2. The molecule has 4 heteroatoms.